The number of para-hydroxylation sites is 1. The van der Waals surface area contributed by atoms with Crippen molar-refractivity contribution in [3.05, 3.63) is 28.7 Å². The topological polar surface area (TPSA) is 68.8 Å². The van der Waals surface area contributed by atoms with Gasteiger partial charge in [0, 0.05) is 36.7 Å². The highest BCUT2D eigenvalue weighted by Gasteiger charge is 2.25. The number of amides is 1. The van der Waals surface area contributed by atoms with Gasteiger partial charge in [0.25, 0.3) is 0 Å². The highest BCUT2D eigenvalue weighted by Crippen LogP contribution is 2.28. The average molecular weight is 522 g/mol. The van der Waals surface area contributed by atoms with E-state index < -0.39 is 0 Å². The minimum absolute atomic E-state index is 0. The van der Waals surface area contributed by atoms with E-state index in [2.05, 4.69) is 60.0 Å². The number of hydrogen-bond acceptors (Lipinski definition) is 3. The lowest BCUT2D eigenvalue weighted by atomic mass is 10.3. The Morgan fingerprint density at radius 1 is 1.24 bits per heavy atom. The van der Waals surface area contributed by atoms with Crippen LogP contribution >= 0.6 is 39.9 Å². The third-order valence-electron chi connectivity index (χ3n) is 4.30. The first-order chi connectivity index (χ1) is 11.7. The number of nitrogens with zero attached hydrogens (tertiary/aromatic N) is 2. The van der Waals surface area contributed by atoms with Crippen LogP contribution in [0.15, 0.2) is 33.7 Å². The monoisotopic (exact) mass is 521 g/mol. The minimum atomic E-state index is 0. The van der Waals surface area contributed by atoms with Gasteiger partial charge in [-0.3, -0.25) is 9.79 Å². The first-order valence-electron chi connectivity index (χ1n) is 8.41. The quantitative estimate of drug-likeness (QED) is 0.315. The summed E-state index contributed by atoms with van der Waals surface area (Å²) in [5, 5.41) is 9.47. The molecule has 1 aromatic carbocycles. The number of anilines is 1. The van der Waals surface area contributed by atoms with Crippen LogP contribution in [-0.4, -0.2) is 50.6 Å². The zero-order valence-corrected chi connectivity index (χ0v) is 18.2. The molecule has 2 fully saturated rings. The van der Waals surface area contributed by atoms with Crippen molar-refractivity contribution in [1.29, 1.82) is 0 Å². The maximum absolute atomic E-state index is 11.8. The second kappa shape index (κ2) is 9.61. The van der Waals surface area contributed by atoms with Crippen LogP contribution in [0.4, 0.5) is 5.69 Å². The lowest BCUT2D eigenvalue weighted by Gasteiger charge is -2.21. The van der Waals surface area contributed by atoms with Crippen molar-refractivity contribution in [3.8, 4) is 0 Å². The summed E-state index contributed by atoms with van der Waals surface area (Å²) >= 11 is 3.61. The fourth-order valence-corrected chi connectivity index (χ4v) is 3.40. The molecule has 0 bridgehead atoms. The van der Waals surface area contributed by atoms with Gasteiger partial charge in [0.2, 0.25) is 5.91 Å². The zero-order chi connectivity index (χ0) is 16.9. The zero-order valence-electron chi connectivity index (χ0n) is 14.3. The van der Waals surface area contributed by atoms with Gasteiger partial charge < -0.3 is 20.9 Å². The maximum Gasteiger partial charge on any atom is 0.239 e. The van der Waals surface area contributed by atoms with Gasteiger partial charge in [0.05, 0.1) is 12.2 Å². The lowest BCUT2D eigenvalue weighted by molar-refractivity contribution is -0.120. The Balaban J connectivity index is 0.00000225. The number of carbonyl (C=O) groups excluding carboxylic acids is 1. The number of benzene rings is 1. The molecule has 1 amide bonds. The van der Waals surface area contributed by atoms with Gasteiger partial charge in [-0.1, -0.05) is 12.1 Å². The molecule has 3 N–H and O–H groups in total. The summed E-state index contributed by atoms with van der Waals surface area (Å²) < 4.78 is 1.12. The first-order valence-corrected chi connectivity index (χ1v) is 9.21. The van der Waals surface area contributed by atoms with Gasteiger partial charge in [-0.25, -0.2) is 0 Å². The van der Waals surface area contributed by atoms with E-state index in [1.54, 1.807) is 7.05 Å². The van der Waals surface area contributed by atoms with E-state index in [0.29, 0.717) is 18.0 Å². The normalized spacial score (nSPS) is 20.0. The molecule has 8 heteroatoms. The summed E-state index contributed by atoms with van der Waals surface area (Å²) in [7, 11) is 1.73. The van der Waals surface area contributed by atoms with Crippen molar-refractivity contribution in [2.45, 2.75) is 31.3 Å². The van der Waals surface area contributed by atoms with Gasteiger partial charge in [-0.2, -0.15) is 0 Å². The van der Waals surface area contributed by atoms with Gasteiger partial charge in [-0.05, 0) is 47.3 Å². The molecule has 0 radical (unpaired) electrons. The van der Waals surface area contributed by atoms with E-state index in [0.717, 1.165) is 36.8 Å². The van der Waals surface area contributed by atoms with Gasteiger partial charge >= 0.3 is 0 Å². The molecule has 6 nitrogen and oxygen atoms in total. The van der Waals surface area contributed by atoms with Crippen molar-refractivity contribution < 1.29 is 4.79 Å². The average Bonchev–Trinajstić information content (AvgIpc) is 3.27. The summed E-state index contributed by atoms with van der Waals surface area (Å²) in [5.41, 5.74) is 1.22. The molecule has 1 aromatic rings. The SMILES string of the molecule is CN=C(NCC(=O)NC1CC1)NC1CCN(c2ccccc2Br)C1.I. The second-order valence-electron chi connectivity index (χ2n) is 6.29. The molecule has 1 unspecified atom stereocenters. The van der Waals surface area contributed by atoms with Crippen LogP contribution in [0, 0.1) is 0 Å². The molecule has 1 saturated carbocycles. The summed E-state index contributed by atoms with van der Waals surface area (Å²) in [6.45, 7) is 2.17. The van der Waals surface area contributed by atoms with Gasteiger partial charge in [-0.15, -0.1) is 24.0 Å². The standard InChI is InChI=1S/C17H24BrN5O.HI/c1-19-17(20-10-16(24)21-12-6-7-12)22-13-8-9-23(11-13)15-5-3-2-4-14(15)18;/h2-5,12-13H,6-11H2,1H3,(H,21,24)(H2,19,20,22);1H. The van der Waals surface area contributed by atoms with Crippen LogP contribution < -0.4 is 20.9 Å². The Morgan fingerprint density at radius 2 is 2.00 bits per heavy atom. The molecule has 1 aliphatic carbocycles. The predicted molar refractivity (Wildman–Crippen MR) is 116 cm³/mol. The number of rotatable bonds is 5. The number of hydrogen-bond donors (Lipinski definition) is 3. The number of halogens is 2. The lowest BCUT2D eigenvalue weighted by Crippen LogP contribution is -2.47. The molecule has 1 heterocycles. The van der Waals surface area contributed by atoms with E-state index >= 15 is 0 Å². The molecular weight excluding hydrogens is 497 g/mol. The van der Waals surface area contributed by atoms with Gasteiger partial charge in [0.15, 0.2) is 5.96 Å². The van der Waals surface area contributed by atoms with Crippen molar-refractivity contribution in [1.82, 2.24) is 16.0 Å². The second-order valence-corrected chi connectivity index (χ2v) is 7.15. The minimum Gasteiger partial charge on any atom is -0.368 e. The van der Waals surface area contributed by atoms with Crippen molar-refractivity contribution in [2.24, 2.45) is 4.99 Å². The first kappa shape index (κ1) is 20.3. The van der Waals surface area contributed by atoms with Crippen LogP contribution in [-0.2, 0) is 4.79 Å². The molecule has 25 heavy (non-hydrogen) atoms. The van der Waals surface area contributed by atoms with E-state index in [1.807, 2.05) is 6.07 Å². The summed E-state index contributed by atoms with van der Waals surface area (Å²) in [4.78, 5) is 18.3. The molecule has 2 aliphatic rings. The van der Waals surface area contributed by atoms with Crippen LogP contribution in [0.25, 0.3) is 0 Å². The van der Waals surface area contributed by atoms with Crippen LogP contribution in [0.3, 0.4) is 0 Å². The molecule has 1 atom stereocenters. The molecular formula is C17H25BrIN5O. The predicted octanol–water partition coefficient (Wildman–Crippen LogP) is 2.09. The highest BCUT2D eigenvalue weighted by molar-refractivity contribution is 14.0. The van der Waals surface area contributed by atoms with E-state index in [1.165, 1.54) is 5.69 Å². The molecule has 0 spiro atoms. The molecule has 1 aliphatic heterocycles. The van der Waals surface area contributed by atoms with Gasteiger partial charge in [0.1, 0.15) is 0 Å². The molecule has 0 aromatic heterocycles. The van der Waals surface area contributed by atoms with Crippen molar-refractivity contribution in [2.75, 3.05) is 31.6 Å². The summed E-state index contributed by atoms with van der Waals surface area (Å²) in [6.07, 6.45) is 3.24. The summed E-state index contributed by atoms with van der Waals surface area (Å²) in [6, 6.07) is 8.98. The van der Waals surface area contributed by atoms with Crippen molar-refractivity contribution in [3.63, 3.8) is 0 Å². The Labute approximate surface area is 174 Å². The number of aliphatic imine (C=N–C) groups is 1. The fourth-order valence-electron chi connectivity index (χ4n) is 2.86. The summed E-state index contributed by atoms with van der Waals surface area (Å²) in [5.74, 6) is 0.710. The number of carbonyl (C=O) groups is 1. The third kappa shape index (κ3) is 6.02. The Kier molecular flexibility index (Phi) is 7.80. The maximum atomic E-state index is 11.8. The van der Waals surface area contributed by atoms with Crippen LogP contribution in [0.2, 0.25) is 0 Å². The molecule has 1 saturated heterocycles. The van der Waals surface area contributed by atoms with Crippen molar-refractivity contribution >= 4 is 57.5 Å². The number of guanidine groups is 1. The fraction of sp³-hybridized carbons (Fsp3) is 0.529. The third-order valence-corrected chi connectivity index (χ3v) is 4.98. The molecule has 138 valence electrons. The van der Waals surface area contributed by atoms with E-state index in [-0.39, 0.29) is 36.4 Å². The number of nitrogens with one attached hydrogen (secondary N) is 3. The van der Waals surface area contributed by atoms with Crippen LogP contribution in [0.5, 0.6) is 0 Å². The largest absolute Gasteiger partial charge is 0.368 e. The highest BCUT2D eigenvalue weighted by atomic mass is 127. The van der Waals surface area contributed by atoms with Crippen LogP contribution in [0.1, 0.15) is 19.3 Å². The Morgan fingerprint density at radius 3 is 2.68 bits per heavy atom. The van der Waals surface area contributed by atoms with E-state index in [9.17, 15) is 4.79 Å². The Bertz CT molecular complexity index is 623. The Hall–Kier alpha value is -1.03. The molecule has 3 rings (SSSR count). The van der Waals surface area contributed by atoms with E-state index in [4.69, 9.17) is 0 Å². The smallest absolute Gasteiger partial charge is 0.239 e.